The van der Waals surface area contributed by atoms with Crippen LogP contribution in [0.15, 0.2) is 60.1 Å². The lowest BCUT2D eigenvalue weighted by Gasteiger charge is -2.27. The van der Waals surface area contributed by atoms with Gasteiger partial charge >= 0.3 is 0 Å². The van der Waals surface area contributed by atoms with E-state index < -0.39 is 0 Å². The molecule has 3 nitrogen and oxygen atoms in total. The van der Waals surface area contributed by atoms with Crippen LogP contribution in [0.25, 0.3) is 0 Å². The fourth-order valence-electron chi connectivity index (χ4n) is 3.16. The number of thiophene rings is 1. The summed E-state index contributed by atoms with van der Waals surface area (Å²) in [6.45, 7) is 1.77. The number of thiocarbonyl (C=S) groups is 1. The molecule has 2 atom stereocenters. The molecule has 0 unspecified atom stereocenters. The van der Waals surface area contributed by atoms with Crippen molar-refractivity contribution in [3.8, 4) is 0 Å². The Morgan fingerprint density at radius 3 is 2.76 bits per heavy atom. The molecule has 126 valence electrons. The van der Waals surface area contributed by atoms with E-state index in [1.54, 1.807) is 30.5 Å². The van der Waals surface area contributed by atoms with E-state index in [0.717, 1.165) is 11.4 Å². The highest BCUT2D eigenvalue weighted by molar-refractivity contribution is 7.80. The van der Waals surface area contributed by atoms with E-state index in [1.165, 1.54) is 10.9 Å². The van der Waals surface area contributed by atoms with Gasteiger partial charge in [-0.3, -0.25) is 4.98 Å². The average molecular weight is 369 g/mol. The van der Waals surface area contributed by atoms with Gasteiger partial charge in [0.05, 0.1) is 17.8 Å². The monoisotopic (exact) mass is 369 g/mol. The molecule has 1 N–H and O–H groups in total. The summed E-state index contributed by atoms with van der Waals surface area (Å²) >= 11 is 7.31. The molecule has 1 aromatic carbocycles. The zero-order valence-electron chi connectivity index (χ0n) is 13.5. The number of pyridine rings is 1. The maximum Gasteiger partial charge on any atom is 0.174 e. The van der Waals surface area contributed by atoms with Gasteiger partial charge in [0.2, 0.25) is 0 Å². The van der Waals surface area contributed by atoms with E-state index in [1.807, 2.05) is 30.3 Å². The zero-order valence-corrected chi connectivity index (χ0v) is 15.2. The number of anilines is 1. The number of rotatable bonds is 3. The van der Waals surface area contributed by atoms with Crippen LogP contribution in [0, 0.1) is 12.7 Å². The molecule has 1 aliphatic heterocycles. The van der Waals surface area contributed by atoms with Crippen molar-refractivity contribution < 1.29 is 4.39 Å². The smallest absolute Gasteiger partial charge is 0.174 e. The van der Waals surface area contributed by atoms with Gasteiger partial charge in [-0.15, -0.1) is 11.3 Å². The molecule has 3 heterocycles. The van der Waals surface area contributed by atoms with Gasteiger partial charge in [-0.2, -0.15) is 0 Å². The Morgan fingerprint density at radius 2 is 2.08 bits per heavy atom. The van der Waals surface area contributed by atoms with Crippen molar-refractivity contribution in [2.24, 2.45) is 0 Å². The highest BCUT2D eigenvalue weighted by Gasteiger charge is 2.41. The number of benzene rings is 1. The SMILES string of the molecule is Cc1cc(N2C(=S)N[C@H](c3ccccn3)[C@@H]2c2cccs2)ccc1F. The Bertz CT molecular complexity index is 896. The van der Waals surface area contributed by atoms with Crippen molar-refractivity contribution in [1.29, 1.82) is 0 Å². The fraction of sp³-hybridized carbons (Fsp3) is 0.158. The summed E-state index contributed by atoms with van der Waals surface area (Å²) in [5.74, 6) is -0.212. The maximum atomic E-state index is 13.7. The first-order chi connectivity index (χ1) is 12.1. The number of aromatic nitrogens is 1. The van der Waals surface area contributed by atoms with E-state index in [4.69, 9.17) is 12.2 Å². The van der Waals surface area contributed by atoms with Gasteiger partial charge in [0.25, 0.3) is 0 Å². The Hall–Kier alpha value is -2.31. The normalized spacial score (nSPS) is 19.9. The van der Waals surface area contributed by atoms with Gasteiger partial charge in [0, 0.05) is 16.8 Å². The molecule has 3 aromatic rings. The summed E-state index contributed by atoms with van der Waals surface area (Å²) in [4.78, 5) is 7.76. The summed E-state index contributed by atoms with van der Waals surface area (Å²) in [6.07, 6.45) is 1.79. The molecule has 0 spiro atoms. The number of halogens is 1. The van der Waals surface area contributed by atoms with Gasteiger partial charge in [-0.25, -0.2) is 4.39 Å². The van der Waals surface area contributed by atoms with E-state index in [0.29, 0.717) is 10.7 Å². The third-order valence-electron chi connectivity index (χ3n) is 4.35. The first-order valence-electron chi connectivity index (χ1n) is 7.95. The predicted octanol–water partition coefficient (Wildman–Crippen LogP) is 4.77. The molecule has 6 heteroatoms. The fourth-order valence-corrected chi connectivity index (χ4v) is 4.36. The predicted molar refractivity (Wildman–Crippen MR) is 103 cm³/mol. The Balaban J connectivity index is 1.82. The first-order valence-corrected chi connectivity index (χ1v) is 9.24. The quantitative estimate of drug-likeness (QED) is 0.673. The van der Waals surface area contributed by atoms with Gasteiger partial charge in [0.15, 0.2) is 5.11 Å². The topological polar surface area (TPSA) is 28.2 Å². The van der Waals surface area contributed by atoms with Crippen LogP contribution < -0.4 is 10.2 Å². The Morgan fingerprint density at radius 1 is 1.20 bits per heavy atom. The van der Waals surface area contributed by atoms with Gasteiger partial charge < -0.3 is 10.2 Å². The van der Waals surface area contributed by atoms with Crippen molar-refractivity contribution in [3.05, 3.63) is 82.1 Å². The lowest BCUT2D eigenvalue weighted by atomic mass is 10.0. The van der Waals surface area contributed by atoms with Crippen LogP contribution in [0.4, 0.5) is 10.1 Å². The third kappa shape index (κ3) is 2.92. The lowest BCUT2D eigenvalue weighted by molar-refractivity contribution is 0.574. The molecule has 1 fully saturated rings. The summed E-state index contributed by atoms with van der Waals surface area (Å²) in [7, 11) is 0. The summed E-state index contributed by atoms with van der Waals surface area (Å²) < 4.78 is 13.7. The molecule has 25 heavy (non-hydrogen) atoms. The summed E-state index contributed by atoms with van der Waals surface area (Å²) in [5, 5.41) is 6.08. The highest BCUT2D eigenvalue weighted by Crippen LogP contribution is 2.43. The first kappa shape index (κ1) is 16.2. The molecular weight excluding hydrogens is 353 g/mol. The van der Waals surface area contributed by atoms with Crippen LogP contribution in [0.5, 0.6) is 0 Å². The highest BCUT2D eigenvalue weighted by atomic mass is 32.1. The number of hydrogen-bond acceptors (Lipinski definition) is 3. The summed E-state index contributed by atoms with van der Waals surface area (Å²) in [6, 6.07) is 15.0. The molecule has 2 aromatic heterocycles. The largest absolute Gasteiger partial charge is 0.351 e. The number of nitrogens with one attached hydrogen (secondary N) is 1. The molecule has 0 radical (unpaired) electrons. The molecule has 1 saturated heterocycles. The van der Waals surface area contributed by atoms with Crippen molar-refractivity contribution in [2.75, 3.05) is 4.90 Å². The zero-order chi connectivity index (χ0) is 17.4. The van der Waals surface area contributed by atoms with Crippen LogP contribution in [0.1, 0.15) is 28.2 Å². The van der Waals surface area contributed by atoms with E-state index >= 15 is 0 Å². The second-order valence-corrected chi connectivity index (χ2v) is 7.31. The van der Waals surface area contributed by atoms with Crippen LogP contribution in [0.2, 0.25) is 0 Å². The van der Waals surface area contributed by atoms with Crippen LogP contribution in [0.3, 0.4) is 0 Å². The minimum atomic E-state index is -0.212. The van der Waals surface area contributed by atoms with Crippen molar-refractivity contribution >= 4 is 34.4 Å². The van der Waals surface area contributed by atoms with Gasteiger partial charge in [-0.05, 0) is 66.5 Å². The standard InChI is InChI=1S/C19H16FN3S2/c1-12-11-13(7-8-14(12)20)23-18(16-6-4-10-25-16)17(22-19(23)24)15-5-2-3-9-21-15/h2-11,17-18H,1H3,(H,22,24)/t17-,18+/m1/s1. The number of aryl methyl sites for hydroxylation is 1. The molecule has 0 amide bonds. The molecule has 4 rings (SSSR count). The minimum absolute atomic E-state index is 0.0211. The summed E-state index contributed by atoms with van der Waals surface area (Å²) in [5.41, 5.74) is 2.42. The van der Waals surface area contributed by atoms with Crippen molar-refractivity contribution in [2.45, 2.75) is 19.0 Å². The molecule has 0 bridgehead atoms. The third-order valence-corrected chi connectivity index (χ3v) is 5.61. The maximum absolute atomic E-state index is 13.7. The lowest BCUT2D eigenvalue weighted by Crippen LogP contribution is -2.29. The second-order valence-electron chi connectivity index (χ2n) is 5.95. The number of hydrogen-bond donors (Lipinski definition) is 1. The second kappa shape index (κ2) is 6.54. The number of nitrogens with zero attached hydrogens (tertiary/aromatic N) is 2. The molecule has 0 saturated carbocycles. The van der Waals surface area contributed by atoms with Crippen LogP contribution in [-0.2, 0) is 0 Å². The molecular formula is C19H16FN3S2. The van der Waals surface area contributed by atoms with Gasteiger partial charge in [-0.1, -0.05) is 12.1 Å². The van der Waals surface area contributed by atoms with E-state index in [-0.39, 0.29) is 17.9 Å². The van der Waals surface area contributed by atoms with Crippen LogP contribution in [-0.4, -0.2) is 10.1 Å². The van der Waals surface area contributed by atoms with Crippen molar-refractivity contribution in [3.63, 3.8) is 0 Å². The van der Waals surface area contributed by atoms with E-state index in [9.17, 15) is 4.39 Å². The molecule has 0 aliphatic carbocycles. The Kier molecular flexibility index (Phi) is 4.23. The average Bonchev–Trinajstić information content (AvgIpc) is 3.25. The van der Waals surface area contributed by atoms with E-state index in [2.05, 4.69) is 26.6 Å². The van der Waals surface area contributed by atoms with Gasteiger partial charge in [0.1, 0.15) is 5.82 Å². The molecule has 1 aliphatic rings. The minimum Gasteiger partial charge on any atom is -0.351 e. The van der Waals surface area contributed by atoms with Crippen LogP contribution >= 0.6 is 23.6 Å². The Labute approximate surface area is 155 Å². The van der Waals surface area contributed by atoms with Crippen molar-refractivity contribution in [1.82, 2.24) is 10.3 Å².